The van der Waals surface area contributed by atoms with Gasteiger partial charge in [0, 0.05) is 12.4 Å². The average molecular weight is 177 g/mol. The van der Waals surface area contributed by atoms with Gasteiger partial charge in [0.05, 0.1) is 17.8 Å². The van der Waals surface area contributed by atoms with Crippen molar-refractivity contribution >= 4 is 10.9 Å². The molecule has 2 rings (SSSR count). The summed E-state index contributed by atoms with van der Waals surface area (Å²) in [6.07, 6.45) is 0. The fourth-order valence-corrected chi connectivity index (χ4v) is 1.36. The molecule has 0 atom stereocenters. The lowest BCUT2D eigenvalue weighted by atomic mass is 10.2. The van der Waals surface area contributed by atoms with Crippen molar-refractivity contribution in [1.29, 1.82) is 0 Å². The topological polar surface area (TPSA) is 52.1 Å². The minimum Gasteiger partial charge on any atom is -0.314 e. The van der Waals surface area contributed by atoms with Crippen molar-refractivity contribution in [2.45, 2.75) is 6.54 Å². The Labute approximate surface area is 75.7 Å². The lowest BCUT2D eigenvalue weighted by Gasteiger charge is -2.05. The number of hydrogen-bond donors (Lipinski definition) is 2. The van der Waals surface area contributed by atoms with E-state index in [-0.39, 0.29) is 0 Å². The molecule has 0 unspecified atom stereocenters. The summed E-state index contributed by atoms with van der Waals surface area (Å²) in [5.41, 5.74) is 1.86. The molecular formula is C9H11N3O. The summed E-state index contributed by atoms with van der Waals surface area (Å²) < 4.78 is 0. The lowest BCUT2D eigenvalue weighted by Crippen LogP contribution is -2.12. The van der Waals surface area contributed by atoms with Crippen LogP contribution in [-0.2, 0) is 6.54 Å². The van der Waals surface area contributed by atoms with Crippen molar-refractivity contribution in [2.75, 3.05) is 7.05 Å². The van der Waals surface area contributed by atoms with Crippen LogP contribution in [0.3, 0.4) is 0 Å². The number of aromatic nitrogens is 2. The van der Waals surface area contributed by atoms with Crippen LogP contribution in [0.1, 0.15) is 5.69 Å². The molecule has 68 valence electrons. The summed E-state index contributed by atoms with van der Waals surface area (Å²) in [6, 6.07) is 7.82. The van der Waals surface area contributed by atoms with Crippen LogP contribution in [0.2, 0.25) is 0 Å². The van der Waals surface area contributed by atoms with Gasteiger partial charge < -0.3 is 5.21 Å². The Morgan fingerprint density at radius 1 is 1.46 bits per heavy atom. The quantitative estimate of drug-likeness (QED) is 0.681. The number of hydroxylamine groups is 2. The van der Waals surface area contributed by atoms with E-state index in [1.807, 2.05) is 24.3 Å². The Morgan fingerprint density at radius 3 is 3.00 bits per heavy atom. The predicted molar refractivity (Wildman–Crippen MR) is 49.3 cm³/mol. The van der Waals surface area contributed by atoms with E-state index in [0.717, 1.165) is 21.7 Å². The monoisotopic (exact) mass is 177 g/mol. The third-order valence-electron chi connectivity index (χ3n) is 1.93. The lowest BCUT2D eigenvalue weighted by molar-refractivity contribution is -0.0737. The molecule has 13 heavy (non-hydrogen) atoms. The van der Waals surface area contributed by atoms with Crippen molar-refractivity contribution < 1.29 is 5.21 Å². The van der Waals surface area contributed by atoms with Gasteiger partial charge in [-0.25, -0.2) is 0 Å². The van der Waals surface area contributed by atoms with Gasteiger partial charge >= 0.3 is 0 Å². The highest BCUT2D eigenvalue weighted by molar-refractivity contribution is 5.80. The molecule has 4 nitrogen and oxygen atoms in total. The van der Waals surface area contributed by atoms with E-state index >= 15 is 0 Å². The number of rotatable bonds is 2. The van der Waals surface area contributed by atoms with Crippen molar-refractivity contribution in [3.8, 4) is 0 Å². The Morgan fingerprint density at radius 2 is 2.23 bits per heavy atom. The second-order valence-electron chi connectivity index (χ2n) is 3.04. The molecule has 4 heteroatoms. The van der Waals surface area contributed by atoms with E-state index in [0.29, 0.717) is 6.54 Å². The predicted octanol–water partition coefficient (Wildman–Crippen LogP) is 1.38. The third-order valence-corrected chi connectivity index (χ3v) is 1.93. The smallest absolute Gasteiger partial charge is 0.0924 e. The number of nitrogens with zero attached hydrogens (tertiary/aromatic N) is 2. The molecule has 0 spiro atoms. The first-order valence-corrected chi connectivity index (χ1v) is 4.09. The van der Waals surface area contributed by atoms with Crippen LogP contribution in [0.4, 0.5) is 0 Å². The highest BCUT2D eigenvalue weighted by Gasteiger charge is 2.04. The Kier molecular flexibility index (Phi) is 2.00. The molecule has 0 fully saturated rings. The van der Waals surface area contributed by atoms with Gasteiger partial charge in [-0.05, 0) is 6.07 Å². The van der Waals surface area contributed by atoms with Gasteiger partial charge in [0.2, 0.25) is 0 Å². The molecule has 0 amide bonds. The normalized spacial score (nSPS) is 11.3. The van der Waals surface area contributed by atoms with E-state index in [9.17, 15) is 0 Å². The van der Waals surface area contributed by atoms with Gasteiger partial charge in [-0.3, -0.25) is 5.10 Å². The first-order chi connectivity index (χ1) is 6.27. The molecule has 2 N–H and O–H groups in total. The number of para-hydroxylation sites is 1. The van der Waals surface area contributed by atoms with Crippen molar-refractivity contribution in [2.24, 2.45) is 0 Å². The first-order valence-electron chi connectivity index (χ1n) is 4.09. The summed E-state index contributed by atoms with van der Waals surface area (Å²) in [7, 11) is 1.61. The van der Waals surface area contributed by atoms with E-state index in [2.05, 4.69) is 10.2 Å². The van der Waals surface area contributed by atoms with Gasteiger partial charge in [-0.1, -0.05) is 18.2 Å². The van der Waals surface area contributed by atoms with E-state index in [4.69, 9.17) is 5.21 Å². The highest BCUT2D eigenvalue weighted by Crippen LogP contribution is 2.15. The van der Waals surface area contributed by atoms with E-state index < -0.39 is 0 Å². The second kappa shape index (κ2) is 3.16. The number of fused-ring (bicyclic) bond motifs is 1. The zero-order chi connectivity index (χ0) is 9.26. The molecule has 0 aliphatic rings. The number of hydrogen-bond acceptors (Lipinski definition) is 3. The molecule has 0 radical (unpaired) electrons. The average Bonchev–Trinajstić information content (AvgIpc) is 2.48. The van der Waals surface area contributed by atoms with Crippen molar-refractivity contribution in [3.05, 3.63) is 30.0 Å². The Balaban J connectivity index is 2.46. The Bertz CT molecular complexity index is 408. The standard InChI is InChI=1S/C9H11N3O/c1-12(13)6-9-7-4-2-3-5-8(7)10-11-9/h2-5,13H,6H2,1H3,(H,10,11). The number of aromatic amines is 1. The molecule has 2 aromatic rings. The van der Waals surface area contributed by atoms with E-state index in [1.54, 1.807) is 7.05 Å². The molecule has 0 bridgehead atoms. The van der Waals surface area contributed by atoms with Gasteiger partial charge in [0.15, 0.2) is 0 Å². The third kappa shape index (κ3) is 1.54. The van der Waals surface area contributed by atoms with Crippen LogP contribution in [0, 0.1) is 0 Å². The van der Waals surface area contributed by atoms with Crippen LogP contribution in [0.15, 0.2) is 24.3 Å². The molecule has 0 aliphatic carbocycles. The molecule has 1 aromatic carbocycles. The molecule has 1 heterocycles. The molecule has 0 aliphatic heterocycles. The van der Waals surface area contributed by atoms with Gasteiger partial charge in [-0.2, -0.15) is 10.2 Å². The van der Waals surface area contributed by atoms with Crippen molar-refractivity contribution in [1.82, 2.24) is 15.3 Å². The Hall–Kier alpha value is -1.39. The maximum Gasteiger partial charge on any atom is 0.0924 e. The highest BCUT2D eigenvalue weighted by atomic mass is 16.5. The fourth-order valence-electron chi connectivity index (χ4n) is 1.36. The number of H-pyrrole nitrogens is 1. The molecule has 0 saturated carbocycles. The maximum atomic E-state index is 9.07. The summed E-state index contributed by atoms with van der Waals surface area (Å²) in [5.74, 6) is 0. The summed E-state index contributed by atoms with van der Waals surface area (Å²) >= 11 is 0. The fraction of sp³-hybridized carbons (Fsp3) is 0.222. The summed E-state index contributed by atoms with van der Waals surface area (Å²) in [4.78, 5) is 0. The van der Waals surface area contributed by atoms with Crippen LogP contribution < -0.4 is 0 Å². The largest absolute Gasteiger partial charge is 0.314 e. The molecule has 0 saturated heterocycles. The van der Waals surface area contributed by atoms with Gasteiger partial charge in [0.1, 0.15) is 0 Å². The van der Waals surface area contributed by atoms with Gasteiger partial charge in [-0.15, -0.1) is 0 Å². The number of nitrogens with one attached hydrogen (secondary N) is 1. The number of benzene rings is 1. The second-order valence-corrected chi connectivity index (χ2v) is 3.04. The maximum absolute atomic E-state index is 9.07. The summed E-state index contributed by atoms with van der Waals surface area (Å²) in [5, 5.41) is 18.3. The van der Waals surface area contributed by atoms with Crippen LogP contribution >= 0.6 is 0 Å². The van der Waals surface area contributed by atoms with Crippen molar-refractivity contribution in [3.63, 3.8) is 0 Å². The minimum atomic E-state index is 0.459. The minimum absolute atomic E-state index is 0.459. The zero-order valence-corrected chi connectivity index (χ0v) is 7.36. The summed E-state index contributed by atoms with van der Waals surface area (Å²) in [6.45, 7) is 0.459. The van der Waals surface area contributed by atoms with Crippen LogP contribution in [0.25, 0.3) is 10.9 Å². The zero-order valence-electron chi connectivity index (χ0n) is 7.36. The first kappa shape index (κ1) is 8.22. The molecular weight excluding hydrogens is 166 g/mol. The SMILES string of the molecule is CN(O)Cc1[nH]nc2ccccc12. The molecule has 1 aromatic heterocycles. The van der Waals surface area contributed by atoms with Crippen LogP contribution in [0.5, 0.6) is 0 Å². The van der Waals surface area contributed by atoms with Gasteiger partial charge in [0.25, 0.3) is 0 Å². The van der Waals surface area contributed by atoms with Crippen LogP contribution in [-0.4, -0.2) is 27.5 Å². The van der Waals surface area contributed by atoms with E-state index in [1.165, 1.54) is 0 Å².